The number of carbonyl (C=O) groups excluding carboxylic acids is 2. The Morgan fingerprint density at radius 1 is 0.631 bits per heavy atom. The van der Waals surface area contributed by atoms with Crippen molar-refractivity contribution < 1.29 is 47.4 Å². The zero-order chi connectivity index (χ0) is 47.1. The average Bonchev–Trinajstić information content (AvgIpc) is 3.70. The SMILES string of the molecule is COC(=S)Cl.COC(=S)OC1=C(c2cc(-c3ccc(F)cc3)ccc2Cl)C(=O)NC12CCN(OC)CC2.CON1CCC2(CC1)NC(=O)C(c1cc(-c3ccc(F)cc3)ccc1Cl)=C2O. The number of hydrogen-bond donors (Lipinski definition) is 3. The molecule has 0 radical (unpaired) electrons. The van der Waals surface area contributed by atoms with E-state index in [0.717, 1.165) is 22.3 Å². The highest BCUT2D eigenvalue weighted by molar-refractivity contribution is 7.82. The number of thiocarbonyl (C=S) groups is 2. The maximum absolute atomic E-state index is 13.4. The number of piperidine rings is 2. The molecule has 4 aromatic carbocycles. The molecule has 3 N–H and O–H groups in total. The van der Waals surface area contributed by atoms with Gasteiger partial charge in [0, 0.05) is 59.6 Å². The van der Waals surface area contributed by atoms with E-state index >= 15 is 0 Å². The lowest BCUT2D eigenvalue weighted by Crippen LogP contribution is -2.53. The lowest BCUT2D eigenvalue weighted by Gasteiger charge is -2.39. The van der Waals surface area contributed by atoms with E-state index in [9.17, 15) is 23.5 Å². The predicted molar refractivity (Wildman–Crippen MR) is 254 cm³/mol. The molecule has 19 heteroatoms. The topological polar surface area (TPSA) is 131 Å². The van der Waals surface area contributed by atoms with Crippen molar-refractivity contribution in [2.75, 3.05) is 54.6 Å². The third kappa shape index (κ3) is 11.3. The molecular formula is C46H45Cl3F2N4O8S2. The molecule has 0 bridgehead atoms. The fraction of sp³-hybridized carbons (Fsp3) is 0.304. The minimum absolute atomic E-state index is 0.0198. The summed E-state index contributed by atoms with van der Waals surface area (Å²) >= 11 is 27.3. The number of amides is 2. The van der Waals surface area contributed by atoms with Crippen molar-refractivity contribution in [1.29, 1.82) is 0 Å². The van der Waals surface area contributed by atoms with Crippen LogP contribution in [0, 0.1) is 11.6 Å². The molecule has 4 aliphatic heterocycles. The molecule has 0 saturated carbocycles. The lowest BCUT2D eigenvalue weighted by molar-refractivity contribution is -0.152. The maximum Gasteiger partial charge on any atom is 0.357 e. The Morgan fingerprint density at radius 3 is 1.43 bits per heavy atom. The Hall–Kier alpha value is -4.75. The van der Waals surface area contributed by atoms with Gasteiger partial charge in [-0.2, -0.15) is 10.1 Å². The van der Waals surface area contributed by atoms with Gasteiger partial charge >= 0.3 is 5.24 Å². The van der Waals surface area contributed by atoms with Crippen LogP contribution in [-0.2, 0) is 33.5 Å². The van der Waals surface area contributed by atoms with Crippen molar-refractivity contribution in [2.45, 2.75) is 36.8 Å². The summed E-state index contributed by atoms with van der Waals surface area (Å²) in [6, 6.07) is 22.7. The second kappa shape index (κ2) is 21.7. The molecule has 2 amide bonds. The molecule has 65 heavy (non-hydrogen) atoms. The molecule has 2 spiro atoms. The summed E-state index contributed by atoms with van der Waals surface area (Å²) in [6.45, 7) is 2.38. The van der Waals surface area contributed by atoms with E-state index in [2.05, 4.69) is 27.6 Å². The fourth-order valence-corrected chi connectivity index (χ4v) is 8.53. The molecule has 0 aromatic heterocycles. The summed E-state index contributed by atoms with van der Waals surface area (Å²) in [5.41, 5.74) is 3.08. The van der Waals surface area contributed by atoms with E-state index in [0.29, 0.717) is 84.4 Å². The van der Waals surface area contributed by atoms with Gasteiger partial charge in [-0.3, -0.25) is 9.59 Å². The predicted octanol–water partition coefficient (Wildman–Crippen LogP) is 9.43. The smallest absolute Gasteiger partial charge is 0.357 e. The normalized spacial score (nSPS) is 17.7. The van der Waals surface area contributed by atoms with Crippen molar-refractivity contribution in [3.05, 3.63) is 129 Å². The largest absolute Gasteiger partial charge is 0.509 e. The third-order valence-electron chi connectivity index (χ3n) is 11.5. The number of methoxy groups -OCH3 is 2. The van der Waals surface area contributed by atoms with Crippen molar-refractivity contribution in [3.8, 4) is 22.3 Å². The van der Waals surface area contributed by atoms with Gasteiger partial charge in [-0.1, -0.05) is 59.6 Å². The minimum Gasteiger partial charge on any atom is -0.509 e. The first kappa shape index (κ1) is 49.7. The Bertz CT molecular complexity index is 2500. The molecule has 4 heterocycles. The van der Waals surface area contributed by atoms with Gasteiger partial charge in [0.2, 0.25) is 0 Å². The molecule has 4 aromatic rings. The second-order valence-corrected chi connectivity index (χ2v) is 17.2. The Morgan fingerprint density at radius 2 is 1.02 bits per heavy atom. The number of aliphatic hydroxyl groups excluding tert-OH is 1. The highest BCUT2D eigenvalue weighted by Crippen LogP contribution is 2.44. The van der Waals surface area contributed by atoms with Gasteiger partial charge < -0.3 is 39.6 Å². The molecule has 2 saturated heterocycles. The summed E-state index contributed by atoms with van der Waals surface area (Å²) in [6.07, 6.45) is 2.20. The zero-order valence-electron chi connectivity index (χ0n) is 35.6. The number of carbonyl (C=O) groups is 2. The number of ether oxygens (including phenoxy) is 3. The molecule has 8 rings (SSSR count). The van der Waals surface area contributed by atoms with Gasteiger partial charge in [0.25, 0.3) is 16.3 Å². The molecule has 0 unspecified atom stereocenters. The average molecular weight is 990 g/mol. The Labute approximate surface area is 400 Å². The number of nitrogens with one attached hydrogen (secondary N) is 2. The van der Waals surface area contributed by atoms with Gasteiger partial charge in [0.15, 0.2) is 0 Å². The lowest BCUT2D eigenvalue weighted by atomic mass is 9.86. The van der Waals surface area contributed by atoms with Crippen molar-refractivity contribution in [2.24, 2.45) is 0 Å². The fourth-order valence-electron chi connectivity index (χ4n) is 8.03. The molecule has 0 aliphatic carbocycles. The van der Waals surface area contributed by atoms with E-state index < -0.39 is 11.1 Å². The first-order chi connectivity index (χ1) is 31.1. The Balaban J connectivity index is 0.000000197. The van der Waals surface area contributed by atoms with Crippen molar-refractivity contribution in [1.82, 2.24) is 20.8 Å². The van der Waals surface area contributed by atoms with E-state index in [1.54, 1.807) is 73.9 Å². The van der Waals surface area contributed by atoms with E-state index in [4.69, 9.17) is 66.2 Å². The van der Waals surface area contributed by atoms with E-state index in [1.807, 2.05) is 11.1 Å². The monoisotopic (exact) mass is 988 g/mol. The van der Waals surface area contributed by atoms with Crippen LogP contribution in [0.4, 0.5) is 8.78 Å². The summed E-state index contributed by atoms with van der Waals surface area (Å²) in [5, 5.41) is 21.3. The molecule has 2 fully saturated rings. The van der Waals surface area contributed by atoms with Crippen LogP contribution in [0.25, 0.3) is 33.4 Å². The van der Waals surface area contributed by atoms with Crippen LogP contribution in [0.2, 0.25) is 10.0 Å². The van der Waals surface area contributed by atoms with Crippen molar-refractivity contribution in [3.63, 3.8) is 0 Å². The standard InChI is InChI=1S/C23H22ClFN2O4S.C21H20ClFN2O3.C2H3ClOS/c1-29-22(32)31-20-19(21(28)26-23(20)9-11-27(30-2)12-10-23)17-13-15(5-8-18(17)24)14-3-6-16(25)7-4-14;1-28-25-10-8-21(9-11-25)19(26)18(20(27)24-21)16-12-14(4-7-17(16)22)13-2-5-15(23)6-3-13;1-4-2(3)5/h3-8,13H,9-12H2,1-2H3,(H,26,28);2-7,12,26H,8-11H2,1H3,(H,24,27);1H3. The first-order valence-electron chi connectivity index (χ1n) is 20.1. The molecular weight excluding hydrogens is 945 g/mol. The molecule has 12 nitrogen and oxygen atoms in total. The van der Waals surface area contributed by atoms with Gasteiger partial charge in [0.1, 0.15) is 34.2 Å². The summed E-state index contributed by atoms with van der Waals surface area (Å²) in [4.78, 5) is 36.6. The summed E-state index contributed by atoms with van der Waals surface area (Å²) in [5.74, 6) is -0.883. The zero-order valence-corrected chi connectivity index (χ0v) is 39.5. The summed E-state index contributed by atoms with van der Waals surface area (Å²) in [7, 11) is 6.06. The number of hydroxylamine groups is 4. The third-order valence-corrected chi connectivity index (χ3v) is 12.7. The highest BCUT2D eigenvalue weighted by Gasteiger charge is 2.51. The Kier molecular flexibility index (Phi) is 16.6. The van der Waals surface area contributed by atoms with Gasteiger partial charge in [-0.05, 0) is 120 Å². The second-order valence-electron chi connectivity index (χ2n) is 15.1. The molecule has 344 valence electrons. The van der Waals surface area contributed by atoms with Gasteiger partial charge in [0.05, 0.1) is 39.6 Å². The first-order valence-corrected chi connectivity index (χ1v) is 22.0. The van der Waals surface area contributed by atoms with Gasteiger partial charge in [-0.25, -0.2) is 8.78 Å². The molecule has 0 atom stereocenters. The number of hydrogen-bond acceptors (Lipinski definition) is 12. The van der Waals surface area contributed by atoms with Crippen LogP contribution in [-0.4, -0.2) is 102 Å². The van der Waals surface area contributed by atoms with E-state index in [-0.39, 0.29) is 44.5 Å². The quantitative estimate of drug-likeness (QED) is 0.121. The number of nitrogens with zero attached hydrogens (tertiary/aromatic N) is 2. The number of rotatable bonds is 7. The molecule has 4 aliphatic rings. The minimum atomic E-state index is -0.795. The van der Waals surface area contributed by atoms with Crippen molar-refractivity contribution >= 4 is 91.9 Å². The van der Waals surface area contributed by atoms with Crippen LogP contribution in [0.3, 0.4) is 0 Å². The van der Waals surface area contributed by atoms with Crippen LogP contribution in [0.5, 0.6) is 0 Å². The van der Waals surface area contributed by atoms with Gasteiger partial charge in [-0.15, -0.1) is 0 Å². The van der Waals surface area contributed by atoms with E-state index in [1.165, 1.54) is 38.5 Å². The number of benzene rings is 4. The van der Waals surface area contributed by atoms with Crippen LogP contribution < -0.4 is 10.6 Å². The van der Waals surface area contributed by atoms with Crippen LogP contribution in [0.15, 0.2) is 96.4 Å². The summed E-state index contributed by atoms with van der Waals surface area (Å²) < 4.78 is 41.9. The number of halogens is 5. The van der Waals surface area contributed by atoms with Crippen LogP contribution >= 0.6 is 59.2 Å². The highest BCUT2D eigenvalue weighted by atomic mass is 35.5. The number of aliphatic hydroxyl groups is 1. The maximum atomic E-state index is 13.4. The van der Waals surface area contributed by atoms with Crippen LogP contribution in [0.1, 0.15) is 36.8 Å².